The maximum Gasteiger partial charge on any atom is 0.0541 e. The van der Waals surface area contributed by atoms with E-state index in [-0.39, 0.29) is 5.41 Å². The monoisotopic (exact) mass is 870 g/mol. The van der Waals surface area contributed by atoms with Gasteiger partial charge in [-0.1, -0.05) is 200 Å². The van der Waals surface area contributed by atoms with Gasteiger partial charge in [0.1, 0.15) is 0 Å². The quantitative estimate of drug-likeness (QED) is 0.0780. The van der Waals surface area contributed by atoms with Crippen molar-refractivity contribution in [1.29, 1.82) is 0 Å². The lowest BCUT2D eigenvalue weighted by atomic mass is 9.70. The molecule has 0 fully saturated rings. The van der Waals surface area contributed by atoms with Gasteiger partial charge in [0.05, 0.1) is 11.0 Å². The van der Waals surface area contributed by atoms with Crippen LogP contribution in [0.2, 0.25) is 0 Å². The normalized spacial score (nSPS) is 12.6. The summed E-state index contributed by atoms with van der Waals surface area (Å²) < 4.78 is 2.54. The third-order valence-corrected chi connectivity index (χ3v) is 14.5. The van der Waals surface area contributed by atoms with Crippen molar-refractivity contribution in [2.75, 3.05) is 4.90 Å². The second-order valence-corrected chi connectivity index (χ2v) is 18.6. The van der Waals surface area contributed by atoms with E-state index in [9.17, 15) is 0 Å². The van der Waals surface area contributed by atoms with Gasteiger partial charge in [0.2, 0.25) is 0 Å². The summed E-state index contributed by atoms with van der Waals surface area (Å²) in [5.74, 6) is 0. The molecular weight excluding hydrogens is 809 g/mol. The number of rotatable bonds is 18. The third-order valence-electron chi connectivity index (χ3n) is 14.5. The molecule has 67 heavy (non-hydrogen) atoms. The molecule has 1 heterocycles. The lowest BCUT2D eigenvalue weighted by Crippen LogP contribution is -2.26. The molecule has 332 valence electrons. The molecule has 9 aromatic rings. The van der Waals surface area contributed by atoms with Crippen LogP contribution < -0.4 is 4.90 Å². The van der Waals surface area contributed by atoms with E-state index in [2.05, 4.69) is 218 Å². The fraction of sp³-hybridized carbons (Fsp3) is 0.200. The Labute approximate surface area is 398 Å². The first kappa shape index (κ1) is 43.7. The summed E-state index contributed by atoms with van der Waals surface area (Å²) in [4.78, 5) is 2.44. The standard InChI is InChI=1S/C65H62N2/c1-5-9-11-19-41-65(42-20-12-10-6-2)61-45-55(66(53-21-15-13-16-22-53)54-23-17-14-18-24-54)35-37-57(61)58-38-36-56(46-62(58)65)67-63-39-33-51(49-29-25-47(7-3)26-30-49)43-59(63)60-44-52(34-40-64(60)67)50-31-27-48(8-4)28-32-50/h7-8,13-18,21-40,43-46H,3-6,9-12,19-20,41-42H2,1-2H3. The average Bonchev–Trinajstić information content (AvgIpc) is 3.85. The van der Waals surface area contributed by atoms with Crippen LogP contribution in [0.1, 0.15) is 100 Å². The number of aromatic nitrogens is 1. The summed E-state index contributed by atoms with van der Waals surface area (Å²) in [5, 5.41) is 2.51. The van der Waals surface area contributed by atoms with Crippen molar-refractivity contribution in [3.05, 3.63) is 217 Å². The molecule has 0 amide bonds. The molecule has 1 aliphatic rings. The Morgan fingerprint density at radius 1 is 0.433 bits per heavy atom. The summed E-state index contributed by atoms with van der Waals surface area (Å²) in [6.07, 6.45) is 16.0. The molecule has 0 N–H and O–H groups in total. The molecule has 10 rings (SSSR count). The van der Waals surface area contributed by atoms with E-state index in [1.165, 1.54) is 140 Å². The van der Waals surface area contributed by atoms with Gasteiger partial charge in [0.15, 0.2) is 0 Å². The summed E-state index contributed by atoms with van der Waals surface area (Å²) in [5.41, 5.74) is 19.9. The lowest BCUT2D eigenvalue weighted by molar-refractivity contribution is 0.401. The Morgan fingerprint density at radius 2 is 0.896 bits per heavy atom. The van der Waals surface area contributed by atoms with E-state index < -0.39 is 0 Å². The van der Waals surface area contributed by atoms with Gasteiger partial charge in [-0.05, 0) is 141 Å². The number of unbranched alkanes of at least 4 members (excludes halogenated alkanes) is 6. The third kappa shape index (κ3) is 8.36. The summed E-state index contributed by atoms with van der Waals surface area (Å²) in [7, 11) is 0. The molecular formula is C65H62N2. The van der Waals surface area contributed by atoms with E-state index in [0.717, 1.165) is 24.0 Å². The van der Waals surface area contributed by atoms with Gasteiger partial charge in [0.25, 0.3) is 0 Å². The van der Waals surface area contributed by atoms with Crippen molar-refractivity contribution in [1.82, 2.24) is 4.57 Å². The van der Waals surface area contributed by atoms with Crippen molar-refractivity contribution < 1.29 is 0 Å². The number of hydrogen-bond acceptors (Lipinski definition) is 1. The van der Waals surface area contributed by atoms with Crippen molar-refractivity contribution in [3.63, 3.8) is 0 Å². The van der Waals surface area contributed by atoms with Crippen LogP contribution in [0.3, 0.4) is 0 Å². The Morgan fingerprint density at radius 3 is 1.37 bits per heavy atom. The first-order valence-corrected chi connectivity index (χ1v) is 24.8. The van der Waals surface area contributed by atoms with Gasteiger partial charge in [-0.25, -0.2) is 0 Å². The fourth-order valence-corrected chi connectivity index (χ4v) is 11.0. The number of benzene rings is 8. The molecule has 1 aromatic heterocycles. The SMILES string of the molecule is C=Cc1ccc(-c2ccc3c(c2)c2cc(-c4ccc(C=C)cc4)ccc2n3-c2ccc3c(c2)C(CCCCCC)(CCCCCC)c2cc(N(c4ccccc4)c4ccccc4)ccc2-3)cc1. The van der Waals surface area contributed by atoms with E-state index in [0.29, 0.717) is 0 Å². The molecule has 0 unspecified atom stereocenters. The average molecular weight is 871 g/mol. The number of hydrogen-bond donors (Lipinski definition) is 0. The first-order chi connectivity index (χ1) is 33.0. The highest BCUT2D eigenvalue weighted by Crippen LogP contribution is 2.56. The van der Waals surface area contributed by atoms with Crippen molar-refractivity contribution in [2.45, 2.75) is 83.5 Å². The first-order valence-electron chi connectivity index (χ1n) is 24.8. The Bertz CT molecular complexity index is 3010. The Balaban J connectivity index is 1.17. The highest BCUT2D eigenvalue weighted by molar-refractivity contribution is 6.11. The highest BCUT2D eigenvalue weighted by Gasteiger charge is 2.43. The maximum absolute atomic E-state index is 3.99. The van der Waals surface area contributed by atoms with Gasteiger partial charge in [-0.3, -0.25) is 0 Å². The van der Waals surface area contributed by atoms with Crippen LogP contribution in [0.4, 0.5) is 17.1 Å². The van der Waals surface area contributed by atoms with Crippen LogP contribution in [0.5, 0.6) is 0 Å². The van der Waals surface area contributed by atoms with Gasteiger partial charge < -0.3 is 9.47 Å². The van der Waals surface area contributed by atoms with Crippen molar-refractivity contribution in [2.24, 2.45) is 0 Å². The summed E-state index contributed by atoms with van der Waals surface area (Å²) in [6.45, 7) is 12.6. The molecule has 1 aliphatic carbocycles. The van der Waals surface area contributed by atoms with Crippen LogP contribution in [-0.2, 0) is 5.41 Å². The van der Waals surface area contributed by atoms with Crippen molar-refractivity contribution in [3.8, 4) is 39.1 Å². The number of anilines is 3. The van der Waals surface area contributed by atoms with E-state index >= 15 is 0 Å². The second kappa shape index (κ2) is 19.4. The molecule has 0 atom stereocenters. The second-order valence-electron chi connectivity index (χ2n) is 18.6. The molecule has 0 bridgehead atoms. The molecule has 2 nitrogen and oxygen atoms in total. The van der Waals surface area contributed by atoms with Gasteiger partial charge >= 0.3 is 0 Å². The van der Waals surface area contributed by atoms with Gasteiger partial charge in [-0.15, -0.1) is 0 Å². The smallest absolute Gasteiger partial charge is 0.0541 e. The minimum absolute atomic E-state index is 0.120. The zero-order chi connectivity index (χ0) is 45.7. The summed E-state index contributed by atoms with van der Waals surface area (Å²) in [6, 6.07) is 68.2. The zero-order valence-corrected chi connectivity index (χ0v) is 39.4. The van der Waals surface area contributed by atoms with E-state index in [4.69, 9.17) is 0 Å². The number of nitrogens with zero attached hydrogens (tertiary/aromatic N) is 2. The topological polar surface area (TPSA) is 8.17 Å². The van der Waals surface area contributed by atoms with Crippen LogP contribution in [0.15, 0.2) is 195 Å². The largest absolute Gasteiger partial charge is 0.310 e. The molecule has 0 radical (unpaired) electrons. The Kier molecular flexibility index (Phi) is 12.6. The van der Waals surface area contributed by atoms with Crippen LogP contribution >= 0.6 is 0 Å². The van der Waals surface area contributed by atoms with Gasteiger partial charge in [-0.2, -0.15) is 0 Å². The predicted octanol–water partition coefficient (Wildman–Crippen LogP) is 19.1. The van der Waals surface area contributed by atoms with E-state index in [1.807, 2.05) is 12.2 Å². The number of fused-ring (bicyclic) bond motifs is 6. The Hall–Kier alpha value is -7.16. The van der Waals surface area contributed by atoms with Crippen LogP contribution in [-0.4, -0.2) is 4.57 Å². The minimum atomic E-state index is -0.120. The molecule has 2 heteroatoms. The summed E-state index contributed by atoms with van der Waals surface area (Å²) >= 11 is 0. The lowest BCUT2D eigenvalue weighted by Gasteiger charge is -2.34. The number of para-hydroxylation sites is 2. The minimum Gasteiger partial charge on any atom is -0.310 e. The van der Waals surface area contributed by atoms with Crippen LogP contribution in [0, 0.1) is 0 Å². The van der Waals surface area contributed by atoms with E-state index in [1.54, 1.807) is 0 Å². The molecule has 8 aromatic carbocycles. The molecule has 0 saturated carbocycles. The van der Waals surface area contributed by atoms with Crippen molar-refractivity contribution >= 4 is 51.0 Å². The predicted molar refractivity (Wildman–Crippen MR) is 290 cm³/mol. The zero-order valence-electron chi connectivity index (χ0n) is 39.4. The fourth-order valence-electron chi connectivity index (χ4n) is 11.0. The molecule has 0 aliphatic heterocycles. The van der Waals surface area contributed by atoms with Gasteiger partial charge in [0, 0.05) is 38.9 Å². The van der Waals surface area contributed by atoms with Crippen LogP contribution in [0.25, 0.3) is 73.0 Å². The highest BCUT2D eigenvalue weighted by atomic mass is 15.1. The molecule has 0 spiro atoms. The molecule has 0 saturated heterocycles. The maximum atomic E-state index is 3.99.